The Morgan fingerprint density at radius 1 is 1.30 bits per heavy atom. The minimum atomic E-state index is -0.508. The number of rotatable bonds is 3. The van der Waals surface area contributed by atoms with Crippen molar-refractivity contribution in [2.45, 2.75) is 20.4 Å². The average Bonchev–Trinajstić information content (AvgIpc) is 2.90. The van der Waals surface area contributed by atoms with E-state index in [4.69, 9.17) is 4.74 Å². The van der Waals surface area contributed by atoms with Crippen molar-refractivity contribution < 1.29 is 9.53 Å². The molecular weight excluding hydrogens is 294 g/mol. The Hall–Kier alpha value is -2.89. The summed E-state index contributed by atoms with van der Waals surface area (Å²) in [6.45, 7) is 4.51. The van der Waals surface area contributed by atoms with Crippen LogP contribution < -0.4 is 5.56 Å². The zero-order valence-electron chi connectivity index (χ0n) is 13.2. The number of nitrogens with zero attached hydrogens (tertiary/aromatic N) is 3. The summed E-state index contributed by atoms with van der Waals surface area (Å²) in [7, 11) is 1.31. The van der Waals surface area contributed by atoms with E-state index in [2.05, 4.69) is 5.10 Å². The second kappa shape index (κ2) is 5.72. The average molecular weight is 311 g/mol. The summed E-state index contributed by atoms with van der Waals surface area (Å²) in [5.74, 6) is -0.508. The summed E-state index contributed by atoms with van der Waals surface area (Å²) in [6, 6.07) is 7.50. The SMILES string of the molecule is CCn1cc(C(=O)OC)c2nn(-c3cccc(C)c3)c(=O)c-2c1. The molecule has 3 rings (SSSR count). The second-order valence-corrected chi connectivity index (χ2v) is 5.31. The maximum absolute atomic E-state index is 12.7. The van der Waals surface area contributed by atoms with Crippen molar-refractivity contribution in [3.05, 3.63) is 58.1 Å². The monoisotopic (exact) mass is 311 g/mol. The number of pyridine rings is 1. The van der Waals surface area contributed by atoms with Gasteiger partial charge in [-0.1, -0.05) is 12.1 Å². The minimum Gasteiger partial charge on any atom is -0.465 e. The van der Waals surface area contributed by atoms with Crippen molar-refractivity contribution >= 4 is 5.97 Å². The molecule has 0 aliphatic carbocycles. The molecule has 0 aromatic heterocycles. The molecular formula is C17H17N3O3. The van der Waals surface area contributed by atoms with Crippen LogP contribution in [0.15, 0.2) is 41.5 Å². The molecule has 0 amide bonds. The van der Waals surface area contributed by atoms with Gasteiger partial charge >= 0.3 is 5.97 Å². The van der Waals surface area contributed by atoms with Crippen LogP contribution in [0.2, 0.25) is 0 Å². The van der Waals surface area contributed by atoms with Gasteiger partial charge in [-0.2, -0.15) is 9.78 Å². The van der Waals surface area contributed by atoms with Gasteiger partial charge in [0.2, 0.25) is 0 Å². The van der Waals surface area contributed by atoms with E-state index >= 15 is 0 Å². The van der Waals surface area contributed by atoms with Gasteiger partial charge in [0.1, 0.15) is 11.3 Å². The van der Waals surface area contributed by atoms with Gasteiger partial charge in [0.25, 0.3) is 5.56 Å². The van der Waals surface area contributed by atoms with E-state index < -0.39 is 5.97 Å². The molecule has 6 heteroatoms. The summed E-state index contributed by atoms with van der Waals surface area (Å²) in [6.07, 6.45) is 3.37. The Morgan fingerprint density at radius 3 is 2.74 bits per heavy atom. The van der Waals surface area contributed by atoms with Crippen molar-refractivity contribution in [3.8, 4) is 16.9 Å². The van der Waals surface area contributed by atoms with E-state index in [-0.39, 0.29) is 11.1 Å². The molecule has 1 aromatic rings. The lowest BCUT2D eigenvalue weighted by Crippen LogP contribution is -2.15. The lowest BCUT2D eigenvalue weighted by molar-refractivity contribution is 0.0600. The fraction of sp³-hybridized carbons (Fsp3) is 0.235. The minimum absolute atomic E-state index is 0.251. The topological polar surface area (TPSA) is 66.1 Å². The fourth-order valence-electron chi connectivity index (χ4n) is 2.54. The Morgan fingerprint density at radius 2 is 2.09 bits per heavy atom. The Kier molecular flexibility index (Phi) is 3.73. The maximum atomic E-state index is 12.7. The molecule has 118 valence electrons. The number of carbonyl (C=O) groups is 1. The van der Waals surface area contributed by atoms with Crippen LogP contribution in [0.1, 0.15) is 22.8 Å². The van der Waals surface area contributed by atoms with Gasteiger partial charge in [0, 0.05) is 18.9 Å². The van der Waals surface area contributed by atoms with Gasteiger partial charge in [-0.3, -0.25) is 4.79 Å². The molecule has 0 radical (unpaired) electrons. The van der Waals surface area contributed by atoms with Crippen LogP contribution in [-0.4, -0.2) is 27.4 Å². The third-order valence-corrected chi connectivity index (χ3v) is 3.74. The molecule has 0 saturated heterocycles. The largest absolute Gasteiger partial charge is 0.465 e. The number of hydrogen-bond acceptors (Lipinski definition) is 4. The zero-order chi connectivity index (χ0) is 16.6. The molecule has 23 heavy (non-hydrogen) atoms. The smallest absolute Gasteiger partial charge is 0.341 e. The Labute approximate surface area is 133 Å². The van der Waals surface area contributed by atoms with Crippen LogP contribution in [0, 0.1) is 6.92 Å². The molecule has 2 aliphatic rings. The highest BCUT2D eigenvalue weighted by atomic mass is 16.5. The standard InChI is InChI=1S/C17H17N3O3/c1-4-19-9-13-15(14(10-19)17(22)23-3)18-20(16(13)21)12-7-5-6-11(2)8-12/h5-10H,4H2,1-3H3. The highest BCUT2D eigenvalue weighted by Gasteiger charge is 2.24. The van der Waals surface area contributed by atoms with Crippen molar-refractivity contribution in [1.82, 2.24) is 14.3 Å². The fourth-order valence-corrected chi connectivity index (χ4v) is 2.54. The van der Waals surface area contributed by atoms with Gasteiger partial charge in [-0.25, -0.2) is 4.79 Å². The third-order valence-electron chi connectivity index (χ3n) is 3.74. The lowest BCUT2D eigenvalue weighted by atomic mass is 10.1. The van der Waals surface area contributed by atoms with Crippen molar-refractivity contribution in [3.63, 3.8) is 0 Å². The quantitative estimate of drug-likeness (QED) is 0.696. The molecule has 0 bridgehead atoms. The van der Waals surface area contributed by atoms with Crippen LogP contribution in [0.4, 0.5) is 0 Å². The normalized spacial score (nSPS) is 10.9. The van der Waals surface area contributed by atoms with Gasteiger partial charge in [-0.05, 0) is 31.5 Å². The summed E-state index contributed by atoms with van der Waals surface area (Å²) in [5, 5.41) is 4.36. The van der Waals surface area contributed by atoms with Crippen LogP contribution >= 0.6 is 0 Å². The van der Waals surface area contributed by atoms with Gasteiger partial charge < -0.3 is 9.30 Å². The number of aromatic nitrogens is 3. The summed E-state index contributed by atoms with van der Waals surface area (Å²) in [4.78, 5) is 24.7. The molecule has 0 saturated carbocycles. The Balaban J connectivity index is 2.31. The highest BCUT2D eigenvalue weighted by molar-refractivity contribution is 5.96. The molecule has 6 nitrogen and oxygen atoms in total. The number of methoxy groups -OCH3 is 1. The molecule has 0 fully saturated rings. The number of aryl methyl sites for hydroxylation is 2. The molecule has 0 spiro atoms. The zero-order valence-corrected chi connectivity index (χ0v) is 13.2. The van der Waals surface area contributed by atoms with E-state index in [9.17, 15) is 9.59 Å². The van der Waals surface area contributed by atoms with Crippen LogP contribution in [0.5, 0.6) is 0 Å². The summed E-state index contributed by atoms with van der Waals surface area (Å²) < 4.78 is 7.91. The van der Waals surface area contributed by atoms with Gasteiger partial charge in [0.15, 0.2) is 0 Å². The predicted molar refractivity (Wildman–Crippen MR) is 86.2 cm³/mol. The van der Waals surface area contributed by atoms with E-state index in [1.165, 1.54) is 11.8 Å². The molecule has 2 aliphatic heterocycles. The van der Waals surface area contributed by atoms with E-state index in [0.717, 1.165) is 5.56 Å². The van der Waals surface area contributed by atoms with Crippen molar-refractivity contribution in [1.29, 1.82) is 0 Å². The number of esters is 1. The molecule has 2 heterocycles. The van der Waals surface area contributed by atoms with E-state index in [0.29, 0.717) is 23.5 Å². The first-order valence-electron chi connectivity index (χ1n) is 7.33. The van der Waals surface area contributed by atoms with Crippen molar-refractivity contribution in [2.24, 2.45) is 0 Å². The van der Waals surface area contributed by atoms with Crippen LogP contribution in [0.3, 0.4) is 0 Å². The molecule has 0 unspecified atom stereocenters. The van der Waals surface area contributed by atoms with Crippen molar-refractivity contribution in [2.75, 3.05) is 7.11 Å². The number of fused-ring (bicyclic) bond motifs is 1. The molecule has 0 atom stereocenters. The van der Waals surface area contributed by atoms with E-state index in [1.54, 1.807) is 17.0 Å². The predicted octanol–water partition coefficient (Wildman–Crippen LogP) is 2.25. The lowest BCUT2D eigenvalue weighted by Gasteiger charge is -2.09. The Bertz CT molecular complexity index is 908. The second-order valence-electron chi connectivity index (χ2n) is 5.31. The van der Waals surface area contributed by atoms with E-state index in [1.807, 2.05) is 38.1 Å². The number of carbonyl (C=O) groups excluding carboxylic acids is 1. The van der Waals surface area contributed by atoms with Crippen LogP contribution in [0.25, 0.3) is 16.9 Å². The summed E-state index contributed by atoms with van der Waals surface area (Å²) in [5.41, 5.74) is 2.49. The highest BCUT2D eigenvalue weighted by Crippen LogP contribution is 2.23. The first-order chi connectivity index (χ1) is 11.0. The number of hydrogen-bond donors (Lipinski definition) is 0. The third kappa shape index (κ3) is 2.52. The molecule has 1 aromatic carbocycles. The first-order valence-corrected chi connectivity index (χ1v) is 7.33. The van der Waals surface area contributed by atoms with Gasteiger partial charge in [0.05, 0.1) is 18.4 Å². The van der Waals surface area contributed by atoms with Gasteiger partial charge in [-0.15, -0.1) is 0 Å². The van der Waals surface area contributed by atoms with Crippen LogP contribution in [-0.2, 0) is 11.3 Å². The molecule has 0 N–H and O–H groups in total. The summed E-state index contributed by atoms with van der Waals surface area (Å²) >= 11 is 0. The number of ether oxygens (including phenoxy) is 1. The number of benzene rings is 1. The maximum Gasteiger partial charge on any atom is 0.341 e. The first kappa shape index (κ1) is 15.0.